The molecule has 154 valence electrons. The number of hydrogen-bond acceptors (Lipinski definition) is 5. The van der Waals surface area contributed by atoms with Crippen LogP contribution in [0.4, 0.5) is 11.6 Å². The Morgan fingerprint density at radius 1 is 1.28 bits per heavy atom. The highest BCUT2D eigenvalue weighted by atomic mass is 35.5. The fourth-order valence-electron chi connectivity index (χ4n) is 3.97. The molecule has 9 heteroatoms. The van der Waals surface area contributed by atoms with Gasteiger partial charge < -0.3 is 14.2 Å². The predicted molar refractivity (Wildman–Crippen MR) is 114 cm³/mol. The molecule has 2 aromatic heterocycles. The Bertz CT molecular complexity index is 1210. The lowest BCUT2D eigenvalue weighted by atomic mass is 10.1. The molecular formula is C20H24ClN5O3. The van der Waals surface area contributed by atoms with Crippen LogP contribution in [-0.2, 0) is 20.1 Å². The minimum atomic E-state index is -0.341. The van der Waals surface area contributed by atoms with Crippen molar-refractivity contribution in [2.45, 2.75) is 33.4 Å². The maximum absolute atomic E-state index is 13.1. The molecule has 1 aliphatic rings. The van der Waals surface area contributed by atoms with Crippen LogP contribution in [0.2, 0.25) is 5.02 Å². The Hall–Kier alpha value is -2.74. The van der Waals surface area contributed by atoms with Gasteiger partial charge in [0.15, 0.2) is 11.2 Å². The largest absolute Gasteiger partial charge is 0.495 e. The van der Waals surface area contributed by atoms with Crippen molar-refractivity contribution in [1.29, 1.82) is 0 Å². The number of nitrogens with zero attached hydrogens (tertiary/aromatic N) is 5. The van der Waals surface area contributed by atoms with Crippen LogP contribution >= 0.6 is 11.6 Å². The summed E-state index contributed by atoms with van der Waals surface area (Å²) in [6.07, 6.45) is 0.703. The number of aryl methyl sites for hydroxylation is 1. The topological polar surface area (TPSA) is 74.3 Å². The van der Waals surface area contributed by atoms with Gasteiger partial charge in [-0.1, -0.05) is 25.4 Å². The van der Waals surface area contributed by atoms with Crippen molar-refractivity contribution in [1.82, 2.24) is 18.7 Å². The number of ether oxygens (including phenoxy) is 1. The maximum Gasteiger partial charge on any atom is 0.332 e. The van der Waals surface area contributed by atoms with E-state index in [0.717, 1.165) is 12.2 Å². The first kappa shape index (κ1) is 19.6. The lowest BCUT2D eigenvalue weighted by molar-refractivity contribution is 0.415. The van der Waals surface area contributed by atoms with Crippen LogP contribution in [-0.4, -0.2) is 32.3 Å². The SMILES string of the molecule is CCCn1c(=O)c2c(nc3n2C[C@H](C)CN3c2ccc(OC)c(Cl)c2)n(C)c1=O. The van der Waals surface area contributed by atoms with Gasteiger partial charge in [-0.05, 0) is 30.5 Å². The number of hydrogen-bond donors (Lipinski definition) is 0. The molecule has 3 aromatic rings. The normalized spacial score (nSPS) is 16.3. The van der Waals surface area contributed by atoms with Crippen LogP contribution in [0.3, 0.4) is 0 Å². The van der Waals surface area contributed by atoms with Crippen molar-refractivity contribution < 1.29 is 4.74 Å². The van der Waals surface area contributed by atoms with Crippen LogP contribution in [0.15, 0.2) is 27.8 Å². The van der Waals surface area contributed by atoms with E-state index in [1.54, 1.807) is 14.2 Å². The standard InChI is InChI=1S/C20H24ClN5O3/c1-5-8-24-18(27)16-17(23(3)20(24)28)22-19-25(10-12(2)11-26(16)19)13-6-7-15(29-4)14(21)9-13/h6-7,9,12H,5,8,10-11H2,1-4H3/t12-/m1/s1. The lowest BCUT2D eigenvalue weighted by Crippen LogP contribution is -2.40. The Labute approximate surface area is 172 Å². The first-order valence-electron chi connectivity index (χ1n) is 9.68. The Morgan fingerprint density at radius 3 is 2.69 bits per heavy atom. The van der Waals surface area contributed by atoms with Crippen LogP contribution in [0.1, 0.15) is 20.3 Å². The summed E-state index contributed by atoms with van der Waals surface area (Å²) < 4.78 is 9.94. The van der Waals surface area contributed by atoms with Crippen LogP contribution in [0, 0.1) is 5.92 Å². The van der Waals surface area contributed by atoms with Gasteiger partial charge in [-0.2, -0.15) is 4.98 Å². The van der Waals surface area contributed by atoms with Crippen molar-refractivity contribution in [3.63, 3.8) is 0 Å². The molecule has 0 amide bonds. The zero-order valence-electron chi connectivity index (χ0n) is 17.0. The summed E-state index contributed by atoms with van der Waals surface area (Å²) >= 11 is 6.34. The molecule has 0 spiro atoms. The molecule has 0 fully saturated rings. The third kappa shape index (κ3) is 3.02. The molecule has 0 unspecified atom stereocenters. The molecule has 1 aromatic carbocycles. The number of aromatic nitrogens is 4. The second-order valence-electron chi connectivity index (χ2n) is 7.53. The average Bonchev–Trinajstić information content (AvgIpc) is 3.08. The van der Waals surface area contributed by atoms with Gasteiger partial charge in [0.25, 0.3) is 5.56 Å². The monoisotopic (exact) mass is 417 g/mol. The van der Waals surface area contributed by atoms with E-state index < -0.39 is 0 Å². The van der Waals surface area contributed by atoms with Crippen molar-refractivity contribution >= 4 is 34.4 Å². The van der Waals surface area contributed by atoms with E-state index in [4.69, 9.17) is 21.3 Å². The number of fused-ring (bicyclic) bond motifs is 3. The molecule has 1 atom stereocenters. The lowest BCUT2D eigenvalue weighted by Gasteiger charge is -2.33. The summed E-state index contributed by atoms with van der Waals surface area (Å²) in [6.45, 7) is 5.84. The van der Waals surface area contributed by atoms with E-state index in [1.165, 1.54) is 9.13 Å². The van der Waals surface area contributed by atoms with Crippen molar-refractivity contribution in [2.24, 2.45) is 13.0 Å². The van der Waals surface area contributed by atoms with Gasteiger partial charge in [0.2, 0.25) is 5.95 Å². The summed E-state index contributed by atoms with van der Waals surface area (Å²) in [5.74, 6) is 1.51. The number of rotatable bonds is 4. The average molecular weight is 418 g/mol. The van der Waals surface area contributed by atoms with Crippen LogP contribution in [0.5, 0.6) is 5.75 Å². The molecule has 8 nitrogen and oxygen atoms in total. The zero-order valence-corrected chi connectivity index (χ0v) is 17.7. The minimum absolute atomic E-state index is 0.275. The van der Waals surface area contributed by atoms with Gasteiger partial charge in [-0.25, -0.2) is 4.79 Å². The fraction of sp³-hybridized carbons (Fsp3) is 0.450. The van der Waals surface area contributed by atoms with Gasteiger partial charge in [-0.15, -0.1) is 0 Å². The van der Waals surface area contributed by atoms with Crippen molar-refractivity contribution in [3.05, 3.63) is 44.1 Å². The summed E-state index contributed by atoms with van der Waals surface area (Å²) in [6, 6.07) is 5.56. The van der Waals surface area contributed by atoms with Gasteiger partial charge in [0.05, 0.1) is 12.1 Å². The summed E-state index contributed by atoms with van der Waals surface area (Å²) in [5, 5.41) is 0.503. The molecule has 1 aliphatic heterocycles. The van der Waals surface area contributed by atoms with Crippen LogP contribution in [0.25, 0.3) is 11.2 Å². The molecule has 0 radical (unpaired) electrons. The number of benzene rings is 1. The quantitative estimate of drug-likeness (QED) is 0.652. The number of methoxy groups -OCH3 is 1. The van der Waals surface area contributed by atoms with Crippen molar-refractivity contribution in [3.8, 4) is 5.75 Å². The third-order valence-electron chi connectivity index (χ3n) is 5.34. The number of anilines is 2. The zero-order chi connectivity index (χ0) is 20.9. The smallest absolute Gasteiger partial charge is 0.332 e. The van der Waals surface area contributed by atoms with E-state index in [1.807, 2.05) is 34.6 Å². The first-order valence-corrected chi connectivity index (χ1v) is 10.1. The predicted octanol–water partition coefficient (Wildman–Crippen LogP) is 2.76. The summed E-state index contributed by atoms with van der Waals surface area (Å²) in [4.78, 5) is 32.6. The van der Waals surface area contributed by atoms with E-state index in [0.29, 0.717) is 47.4 Å². The fourth-order valence-corrected chi connectivity index (χ4v) is 4.22. The van der Waals surface area contributed by atoms with Gasteiger partial charge in [-0.3, -0.25) is 13.9 Å². The van der Waals surface area contributed by atoms with Gasteiger partial charge >= 0.3 is 5.69 Å². The van der Waals surface area contributed by atoms with Gasteiger partial charge in [0, 0.05) is 32.4 Å². The Morgan fingerprint density at radius 2 is 2.03 bits per heavy atom. The molecule has 3 heterocycles. The summed E-state index contributed by atoms with van der Waals surface area (Å²) in [7, 11) is 3.23. The molecular weight excluding hydrogens is 394 g/mol. The molecule has 0 bridgehead atoms. The first-order chi connectivity index (χ1) is 13.9. The molecule has 0 aliphatic carbocycles. The molecule has 29 heavy (non-hydrogen) atoms. The number of imidazole rings is 1. The highest BCUT2D eigenvalue weighted by Gasteiger charge is 2.30. The van der Waals surface area contributed by atoms with E-state index in [9.17, 15) is 9.59 Å². The molecule has 0 saturated heterocycles. The maximum atomic E-state index is 13.1. The van der Waals surface area contributed by atoms with Crippen LogP contribution < -0.4 is 20.9 Å². The molecule has 0 saturated carbocycles. The second-order valence-corrected chi connectivity index (χ2v) is 7.93. The molecule has 0 N–H and O–H groups in total. The Kier molecular flexibility index (Phi) is 4.90. The van der Waals surface area contributed by atoms with E-state index in [-0.39, 0.29) is 17.2 Å². The number of halogens is 1. The second kappa shape index (κ2) is 7.26. The molecule has 4 rings (SSSR count). The highest BCUT2D eigenvalue weighted by molar-refractivity contribution is 6.32. The van der Waals surface area contributed by atoms with Gasteiger partial charge in [0.1, 0.15) is 5.75 Å². The van der Waals surface area contributed by atoms with Crippen molar-refractivity contribution in [2.75, 3.05) is 18.6 Å². The Balaban J connectivity index is 1.97. The summed E-state index contributed by atoms with van der Waals surface area (Å²) in [5.41, 5.74) is 1.10. The third-order valence-corrected chi connectivity index (χ3v) is 5.63. The highest BCUT2D eigenvalue weighted by Crippen LogP contribution is 2.36. The minimum Gasteiger partial charge on any atom is -0.495 e. The van der Waals surface area contributed by atoms with E-state index >= 15 is 0 Å². The van der Waals surface area contributed by atoms with E-state index in [2.05, 4.69) is 6.92 Å².